The molecule has 18 heavy (non-hydrogen) atoms. The molecule has 1 heterocycles. The van der Waals surface area contributed by atoms with Crippen molar-refractivity contribution >= 4 is 17.6 Å². The van der Waals surface area contributed by atoms with Crippen molar-refractivity contribution in [2.24, 2.45) is 0 Å². The molecule has 0 amide bonds. The Hall–Kier alpha value is -1.10. The second-order valence-electron chi connectivity index (χ2n) is 4.38. The van der Waals surface area contributed by atoms with E-state index in [4.69, 9.17) is 16.3 Å². The number of aliphatic hydroxyl groups excluding tert-OH is 1. The number of halogens is 1. The average molecular weight is 270 g/mol. The quantitative estimate of drug-likeness (QED) is 0.848. The second-order valence-corrected chi connectivity index (χ2v) is 4.79. The maximum Gasteiger partial charge on any atom is 0.327 e. The van der Waals surface area contributed by atoms with E-state index in [0.29, 0.717) is 24.5 Å². The van der Waals surface area contributed by atoms with Gasteiger partial charge >= 0.3 is 5.97 Å². The molecule has 5 heteroatoms. The predicted octanol–water partition coefficient (Wildman–Crippen LogP) is 1.62. The maximum atomic E-state index is 12.0. The predicted molar refractivity (Wildman–Crippen MR) is 68.4 cm³/mol. The molecule has 0 spiro atoms. The Morgan fingerprint density at radius 2 is 2.28 bits per heavy atom. The van der Waals surface area contributed by atoms with Crippen LogP contribution in [0.15, 0.2) is 24.3 Å². The molecule has 1 aliphatic rings. The largest absolute Gasteiger partial charge is 0.468 e. The standard InChI is InChI=1S/C13H16ClNO3/c1-18-13(17)12(15-7-6-9(16)8-15)10-4-2-3-5-11(10)14/h2-5,9,12,16H,6-8H2,1H3/t9-,12?/m0/s1. The van der Waals surface area contributed by atoms with Crippen molar-refractivity contribution in [3.63, 3.8) is 0 Å². The molecule has 1 aromatic carbocycles. The van der Waals surface area contributed by atoms with Gasteiger partial charge in [-0.05, 0) is 18.1 Å². The van der Waals surface area contributed by atoms with E-state index < -0.39 is 6.04 Å². The molecule has 0 bridgehead atoms. The Bertz CT molecular complexity index is 438. The number of aliphatic hydroxyl groups is 1. The highest BCUT2D eigenvalue weighted by molar-refractivity contribution is 6.31. The van der Waals surface area contributed by atoms with E-state index in [1.807, 2.05) is 23.1 Å². The van der Waals surface area contributed by atoms with E-state index in [9.17, 15) is 9.90 Å². The van der Waals surface area contributed by atoms with Gasteiger partial charge in [-0.3, -0.25) is 4.90 Å². The first-order valence-electron chi connectivity index (χ1n) is 5.88. The number of hydrogen-bond donors (Lipinski definition) is 1. The van der Waals surface area contributed by atoms with Crippen molar-refractivity contribution < 1.29 is 14.6 Å². The van der Waals surface area contributed by atoms with Crippen molar-refractivity contribution in [2.45, 2.75) is 18.6 Å². The van der Waals surface area contributed by atoms with Crippen LogP contribution in [-0.2, 0) is 9.53 Å². The zero-order valence-electron chi connectivity index (χ0n) is 10.2. The topological polar surface area (TPSA) is 49.8 Å². The van der Waals surface area contributed by atoms with Crippen LogP contribution in [-0.4, -0.2) is 42.3 Å². The van der Waals surface area contributed by atoms with Crippen LogP contribution in [0.3, 0.4) is 0 Å². The van der Waals surface area contributed by atoms with Crippen LogP contribution >= 0.6 is 11.6 Å². The molecule has 1 aliphatic heterocycles. The van der Waals surface area contributed by atoms with Crippen LogP contribution in [0.4, 0.5) is 0 Å². The molecule has 0 radical (unpaired) electrons. The van der Waals surface area contributed by atoms with Crippen LogP contribution in [0, 0.1) is 0 Å². The molecular weight excluding hydrogens is 254 g/mol. The summed E-state index contributed by atoms with van der Waals surface area (Å²) in [5.74, 6) is -0.350. The van der Waals surface area contributed by atoms with E-state index in [1.54, 1.807) is 6.07 Å². The van der Waals surface area contributed by atoms with Gasteiger partial charge in [-0.2, -0.15) is 0 Å². The van der Waals surface area contributed by atoms with Crippen LogP contribution in [0.25, 0.3) is 0 Å². The zero-order valence-corrected chi connectivity index (χ0v) is 10.9. The third-order valence-electron chi connectivity index (χ3n) is 3.18. The number of hydrogen-bond acceptors (Lipinski definition) is 4. The number of carbonyl (C=O) groups excluding carboxylic acids is 1. The van der Waals surface area contributed by atoms with Crippen molar-refractivity contribution in [1.82, 2.24) is 4.90 Å². The van der Waals surface area contributed by atoms with Gasteiger partial charge in [0.2, 0.25) is 0 Å². The Kier molecular flexibility index (Phi) is 4.22. The number of esters is 1. The van der Waals surface area contributed by atoms with E-state index in [0.717, 1.165) is 5.56 Å². The number of methoxy groups -OCH3 is 1. The number of β-amino-alcohol motifs (C(OH)–C–C–N with tert-alkyl or cyclic N) is 1. The summed E-state index contributed by atoms with van der Waals surface area (Å²) in [6.45, 7) is 1.12. The van der Waals surface area contributed by atoms with Gasteiger partial charge in [0, 0.05) is 18.1 Å². The normalized spacial score (nSPS) is 21.8. The van der Waals surface area contributed by atoms with E-state index in [2.05, 4.69) is 0 Å². The molecular formula is C13H16ClNO3. The molecule has 0 saturated carbocycles. The first-order valence-corrected chi connectivity index (χ1v) is 6.25. The van der Waals surface area contributed by atoms with Crippen LogP contribution in [0.2, 0.25) is 5.02 Å². The van der Waals surface area contributed by atoms with Gasteiger partial charge in [0.1, 0.15) is 6.04 Å². The molecule has 2 atom stereocenters. The summed E-state index contributed by atoms with van der Waals surface area (Å²) in [5.41, 5.74) is 0.722. The van der Waals surface area contributed by atoms with Gasteiger partial charge in [-0.15, -0.1) is 0 Å². The van der Waals surface area contributed by atoms with Crippen LogP contribution in [0.1, 0.15) is 18.0 Å². The minimum Gasteiger partial charge on any atom is -0.468 e. The molecule has 1 saturated heterocycles. The number of nitrogens with zero attached hydrogens (tertiary/aromatic N) is 1. The van der Waals surface area contributed by atoms with Gasteiger partial charge in [0.05, 0.1) is 13.2 Å². The highest BCUT2D eigenvalue weighted by atomic mass is 35.5. The third-order valence-corrected chi connectivity index (χ3v) is 3.53. The fourth-order valence-electron chi connectivity index (χ4n) is 2.28. The van der Waals surface area contributed by atoms with Gasteiger partial charge in [-0.1, -0.05) is 29.8 Å². The smallest absolute Gasteiger partial charge is 0.327 e. The summed E-state index contributed by atoms with van der Waals surface area (Å²) in [6, 6.07) is 6.68. The number of benzene rings is 1. The molecule has 2 rings (SSSR count). The number of carbonyl (C=O) groups is 1. The van der Waals surface area contributed by atoms with Crippen molar-refractivity contribution in [2.75, 3.05) is 20.2 Å². The van der Waals surface area contributed by atoms with Gasteiger partial charge in [0.25, 0.3) is 0 Å². The molecule has 98 valence electrons. The lowest BCUT2D eigenvalue weighted by Crippen LogP contribution is -2.34. The summed E-state index contributed by atoms with van der Waals surface area (Å²) >= 11 is 6.14. The maximum absolute atomic E-state index is 12.0. The molecule has 1 N–H and O–H groups in total. The third kappa shape index (κ3) is 2.66. The van der Waals surface area contributed by atoms with Crippen LogP contribution in [0.5, 0.6) is 0 Å². The van der Waals surface area contributed by atoms with E-state index in [-0.39, 0.29) is 12.1 Å². The SMILES string of the molecule is COC(=O)C(c1ccccc1Cl)N1CC[C@H](O)C1. The minimum atomic E-state index is -0.541. The molecule has 1 aromatic rings. The van der Waals surface area contributed by atoms with Crippen LogP contribution < -0.4 is 0 Å². The average Bonchev–Trinajstić information content (AvgIpc) is 2.78. The van der Waals surface area contributed by atoms with Crippen molar-refractivity contribution in [1.29, 1.82) is 0 Å². The lowest BCUT2D eigenvalue weighted by Gasteiger charge is -2.26. The van der Waals surface area contributed by atoms with Gasteiger partial charge in [-0.25, -0.2) is 4.79 Å². The molecule has 1 unspecified atom stereocenters. The lowest BCUT2D eigenvalue weighted by molar-refractivity contribution is -0.147. The monoisotopic (exact) mass is 269 g/mol. The molecule has 0 aromatic heterocycles. The highest BCUT2D eigenvalue weighted by Gasteiger charge is 2.34. The summed E-state index contributed by atoms with van der Waals surface area (Å²) in [5, 5.41) is 10.1. The zero-order chi connectivity index (χ0) is 13.1. The second kappa shape index (κ2) is 5.69. The first kappa shape index (κ1) is 13.3. The summed E-state index contributed by atoms with van der Waals surface area (Å²) in [6.07, 6.45) is 0.275. The molecule has 4 nitrogen and oxygen atoms in total. The lowest BCUT2D eigenvalue weighted by atomic mass is 10.1. The summed E-state index contributed by atoms with van der Waals surface area (Å²) < 4.78 is 4.85. The Labute approximate surface area is 111 Å². The van der Waals surface area contributed by atoms with E-state index in [1.165, 1.54) is 7.11 Å². The fraction of sp³-hybridized carbons (Fsp3) is 0.462. The van der Waals surface area contributed by atoms with Gasteiger partial charge in [0.15, 0.2) is 0 Å². The summed E-state index contributed by atoms with van der Waals surface area (Å²) in [7, 11) is 1.36. The Balaban J connectivity index is 2.31. The molecule has 1 fully saturated rings. The number of likely N-dealkylation sites (tertiary alicyclic amines) is 1. The first-order chi connectivity index (χ1) is 8.63. The minimum absolute atomic E-state index is 0.350. The Morgan fingerprint density at radius 3 is 2.83 bits per heavy atom. The molecule has 0 aliphatic carbocycles. The Morgan fingerprint density at radius 1 is 1.56 bits per heavy atom. The van der Waals surface area contributed by atoms with Gasteiger partial charge < -0.3 is 9.84 Å². The van der Waals surface area contributed by atoms with Crippen molar-refractivity contribution in [3.05, 3.63) is 34.9 Å². The highest BCUT2D eigenvalue weighted by Crippen LogP contribution is 2.31. The fourth-order valence-corrected chi connectivity index (χ4v) is 2.52. The summed E-state index contributed by atoms with van der Waals surface area (Å²) in [4.78, 5) is 13.9. The number of rotatable bonds is 3. The van der Waals surface area contributed by atoms with E-state index >= 15 is 0 Å². The number of ether oxygens (including phenoxy) is 1. The van der Waals surface area contributed by atoms with Crippen molar-refractivity contribution in [3.8, 4) is 0 Å².